The first-order valence-corrected chi connectivity index (χ1v) is 6.98. The number of Topliss-reactive ketones (excluding diaryl/α,β-unsaturated/α-hetero) is 2. The summed E-state index contributed by atoms with van der Waals surface area (Å²) in [5.74, 6) is -0.984. The van der Waals surface area contributed by atoms with E-state index < -0.39 is 0 Å². The summed E-state index contributed by atoms with van der Waals surface area (Å²) in [4.78, 5) is 48.7. The standard InChI is InChI=1S/C14H15N5O3/c20-12(10-4-15-6-18-10)1-2-17-14(22)9-3-8(9)13(21)11-5-16-7-19-11/h4-9H,1-3H2,(H,15,18)(H,16,19)(H,17,22)/t8-,9+/m1/s1. The van der Waals surface area contributed by atoms with Crippen molar-refractivity contribution >= 4 is 17.5 Å². The van der Waals surface area contributed by atoms with Gasteiger partial charge >= 0.3 is 0 Å². The number of carbonyl (C=O) groups excluding carboxylic acids is 3. The average molecular weight is 301 g/mol. The molecule has 1 aliphatic rings. The van der Waals surface area contributed by atoms with Crippen molar-refractivity contribution in [1.29, 1.82) is 0 Å². The summed E-state index contributed by atoms with van der Waals surface area (Å²) in [6.45, 7) is 0.248. The predicted molar refractivity (Wildman–Crippen MR) is 75.1 cm³/mol. The Hall–Kier alpha value is -2.77. The maximum Gasteiger partial charge on any atom is 0.223 e. The SMILES string of the molecule is O=C(CCNC(=O)[C@H]1C[C@H]1C(=O)c1cnc[nH]1)c1cnc[nH]1. The van der Waals surface area contributed by atoms with E-state index >= 15 is 0 Å². The van der Waals surface area contributed by atoms with Gasteiger partial charge in [-0.2, -0.15) is 0 Å². The Kier molecular flexibility index (Phi) is 3.82. The zero-order valence-electron chi connectivity index (χ0n) is 11.7. The number of nitrogens with one attached hydrogen (secondary N) is 3. The molecule has 2 heterocycles. The summed E-state index contributed by atoms with van der Waals surface area (Å²) in [7, 11) is 0. The molecule has 0 aliphatic heterocycles. The number of imidazole rings is 2. The number of nitrogens with zero attached hydrogens (tertiary/aromatic N) is 2. The maximum absolute atomic E-state index is 12.0. The molecule has 1 aliphatic carbocycles. The molecule has 1 fully saturated rings. The molecule has 3 N–H and O–H groups in total. The van der Waals surface area contributed by atoms with Crippen LogP contribution in [0.4, 0.5) is 0 Å². The van der Waals surface area contributed by atoms with Crippen LogP contribution in [0.25, 0.3) is 0 Å². The van der Waals surface area contributed by atoms with Crippen molar-refractivity contribution in [1.82, 2.24) is 25.3 Å². The second-order valence-electron chi connectivity index (χ2n) is 5.21. The highest BCUT2D eigenvalue weighted by Gasteiger charge is 2.48. The minimum atomic E-state index is -0.307. The molecular formula is C14H15N5O3. The summed E-state index contributed by atoms with van der Waals surface area (Å²) in [5.41, 5.74) is 0.850. The summed E-state index contributed by atoms with van der Waals surface area (Å²) < 4.78 is 0. The van der Waals surface area contributed by atoms with Crippen molar-refractivity contribution in [3.05, 3.63) is 36.4 Å². The van der Waals surface area contributed by atoms with Crippen molar-refractivity contribution < 1.29 is 14.4 Å². The van der Waals surface area contributed by atoms with Crippen LogP contribution in [0.3, 0.4) is 0 Å². The number of hydrogen-bond acceptors (Lipinski definition) is 5. The molecule has 8 nitrogen and oxygen atoms in total. The maximum atomic E-state index is 12.0. The van der Waals surface area contributed by atoms with Gasteiger partial charge in [0, 0.05) is 24.8 Å². The Morgan fingerprint density at radius 1 is 1.09 bits per heavy atom. The van der Waals surface area contributed by atoms with Gasteiger partial charge in [-0.3, -0.25) is 14.4 Å². The van der Waals surface area contributed by atoms with Crippen LogP contribution in [0.2, 0.25) is 0 Å². The van der Waals surface area contributed by atoms with Gasteiger partial charge in [0.1, 0.15) is 11.4 Å². The lowest BCUT2D eigenvalue weighted by atomic mass is 10.1. The van der Waals surface area contributed by atoms with Crippen molar-refractivity contribution in [3.8, 4) is 0 Å². The first kappa shape index (κ1) is 14.2. The minimum absolute atomic E-state index is 0.0915. The first-order valence-electron chi connectivity index (χ1n) is 6.98. The smallest absolute Gasteiger partial charge is 0.223 e. The highest BCUT2D eigenvalue weighted by Crippen LogP contribution is 2.40. The van der Waals surface area contributed by atoms with E-state index in [9.17, 15) is 14.4 Å². The summed E-state index contributed by atoms with van der Waals surface area (Å²) in [6.07, 6.45) is 6.51. The average Bonchev–Trinajstić information content (AvgIpc) is 2.96. The highest BCUT2D eigenvalue weighted by molar-refractivity contribution is 6.02. The Morgan fingerprint density at radius 2 is 1.77 bits per heavy atom. The van der Waals surface area contributed by atoms with Gasteiger partial charge in [-0.25, -0.2) is 9.97 Å². The molecule has 0 radical (unpaired) electrons. The molecule has 8 heteroatoms. The van der Waals surface area contributed by atoms with Crippen LogP contribution in [0.5, 0.6) is 0 Å². The van der Waals surface area contributed by atoms with Crippen molar-refractivity contribution in [3.63, 3.8) is 0 Å². The third-order valence-electron chi connectivity index (χ3n) is 3.68. The van der Waals surface area contributed by atoms with E-state index in [0.717, 1.165) is 0 Å². The van der Waals surface area contributed by atoms with Gasteiger partial charge in [-0.05, 0) is 6.42 Å². The number of carbonyl (C=O) groups is 3. The van der Waals surface area contributed by atoms with Gasteiger partial charge in [0.15, 0.2) is 11.6 Å². The summed E-state index contributed by atoms with van der Waals surface area (Å²) in [6, 6.07) is 0. The third-order valence-corrected chi connectivity index (χ3v) is 3.68. The van der Waals surface area contributed by atoms with Crippen molar-refractivity contribution in [2.75, 3.05) is 6.54 Å². The fraction of sp³-hybridized carbons (Fsp3) is 0.357. The lowest BCUT2D eigenvalue weighted by Gasteiger charge is -2.03. The predicted octanol–water partition coefficient (Wildman–Crippen LogP) is 0.341. The minimum Gasteiger partial charge on any atom is -0.355 e. The Morgan fingerprint density at radius 3 is 2.41 bits per heavy atom. The summed E-state index contributed by atoms with van der Waals surface area (Å²) in [5, 5.41) is 2.70. The molecule has 114 valence electrons. The second-order valence-corrected chi connectivity index (χ2v) is 5.21. The van der Waals surface area contributed by atoms with Gasteiger partial charge in [0.2, 0.25) is 5.91 Å². The van der Waals surface area contributed by atoms with Gasteiger partial charge in [0.25, 0.3) is 0 Å². The fourth-order valence-electron chi connectivity index (χ4n) is 2.34. The van der Waals surface area contributed by atoms with Crippen LogP contribution < -0.4 is 5.32 Å². The topological polar surface area (TPSA) is 121 Å². The molecule has 3 rings (SSSR count). The second kappa shape index (κ2) is 5.92. The van der Waals surface area contributed by atoms with Crippen LogP contribution in [0.1, 0.15) is 33.8 Å². The van der Waals surface area contributed by atoms with Crippen LogP contribution in [-0.2, 0) is 4.79 Å². The van der Waals surface area contributed by atoms with Crippen LogP contribution in [-0.4, -0.2) is 44.0 Å². The molecule has 1 amide bonds. The monoisotopic (exact) mass is 301 g/mol. The lowest BCUT2D eigenvalue weighted by molar-refractivity contribution is -0.122. The molecular weight excluding hydrogens is 286 g/mol. The lowest BCUT2D eigenvalue weighted by Crippen LogP contribution is -2.28. The van der Waals surface area contributed by atoms with Crippen LogP contribution >= 0.6 is 0 Å². The fourth-order valence-corrected chi connectivity index (χ4v) is 2.34. The molecule has 0 bridgehead atoms. The number of ketones is 2. The van der Waals surface area contributed by atoms with E-state index in [1.807, 2.05) is 0 Å². The Labute approximate surface area is 125 Å². The van der Waals surface area contributed by atoms with Gasteiger partial charge < -0.3 is 15.3 Å². The Balaban J connectivity index is 1.42. The van der Waals surface area contributed by atoms with E-state index in [-0.39, 0.29) is 42.3 Å². The van der Waals surface area contributed by atoms with Gasteiger partial charge in [0.05, 0.1) is 25.0 Å². The van der Waals surface area contributed by atoms with Crippen molar-refractivity contribution in [2.45, 2.75) is 12.8 Å². The molecule has 0 saturated heterocycles. The first-order chi connectivity index (χ1) is 10.7. The molecule has 1 saturated carbocycles. The van der Waals surface area contributed by atoms with Crippen LogP contribution in [0.15, 0.2) is 25.0 Å². The van der Waals surface area contributed by atoms with Crippen LogP contribution in [0, 0.1) is 11.8 Å². The molecule has 2 aromatic heterocycles. The number of amides is 1. The summed E-state index contributed by atoms with van der Waals surface area (Å²) >= 11 is 0. The number of hydrogen-bond donors (Lipinski definition) is 3. The Bertz CT molecular complexity index is 677. The van der Waals surface area contributed by atoms with E-state index in [1.54, 1.807) is 0 Å². The molecule has 0 spiro atoms. The van der Waals surface area contributed by atoms with E-state index in [4.69, 9.17) is 0 Å². The quantitative estimate of drug-likeness (QED) is 0.637. The molecule has 0 aromatic carbocycles. The third kappa shape index (κ3) is 2.95. The zero-order chi connectivity index (χ0) is 15.5. The molecule has 2 aromatic rings. The number of aromatic amines is 2. The van der Waals surface area contributed by atoms with Gasteiger partial charge in [-0.15, -0.1) is 0 Å². The number of aromatic nitrogens is 4. The number of H-pyrrole nitrogens is 2. The number of rotatable bonds is 7. The van der Waals surface area contributed by atoms with E-state index in [2.05, 4.69) is 25.3 Å². The van der Waals surface area contributed by atoms with E-state index in [0.29, 0.717) is 17.8 Å². The van der Waals surface area contributed by atoms with E-state index in [1.165, 1.54) is 25.0 Å². The van der Waals surface area contributed by atoms with Crippen molar-refractivity contribution in [2.24, 2.45) is 11.8 Å². The van der Waals surface area contributed by atoms with Gasteiger partial charge in [-0.1, -0.05) is 0 Å². The molecule has 2 atom stereocenters. The molecule has 0 unspecified atom stereocenters. The molecule has 22 heavy (non-hydrogen) atoms. The normalized spacial score (nSPS) is 19.6. The largest absolute Gasteiger partial charge is 0.355 e. The zero-order valence-corrected chi connectivity index (χ0v) is 11.7. The highest BCUT2D eigenvalue weighted by atomic mass is 16.2.